The molecule has 2 amide bonds. The molecule has 0 bridgehead atoms. The predicted molar refractivity (Wildman–Crippen MR) is 96.3 cm³/mol. The number of hydrogen-bond acceptors (Lipinski definition) is 3. The van der Waals surface area contributed by atoms with Gasteiger partial charge in [-0.1, -0.05) is 12.1 Å². The van der Waals surface area contributed by atoms with Crippen LogP contribution in [0.3, 0.4) is 0 Å². The highest BCUT2D eigenvalue weighted by Crippen LogP contribution is 2.34. The first kappa shape index (κ1) is 16.8. The molecule has 1 fully saturated rings. The van der Waals surface area contributed by atoms with Crippen LogP contribution < -0.4 is 20.4 Å². The van der Waals surface area contributed by atoms with Crippen molar-refractivity contribution in [2.24, 2.45) is 0 Å². The monoisotopic (exact) mass is 358 g/mol. The van der Waals surface area contributed by atoms with Gasteiger partial charge >= 0.3 is 6.03 Å². The molecular weight excluding hydrogens is 338 g/mol. The van der Waals surface area contributed by atoms with E-state index in [1.165, 1.54) is 6.07 Å². The number of anilines is 2. The van der Waals surface area contributed by atoms with Gasteiger partial charge in [0.1, 0.15) is 0 Å². The molecule has 0 atom stereocenters. The maximum absolute atomic E-state index is 13.5. The van der Waals surface area contributed by atoms with Gasteiger partial charge in [0.25, 0.3) is 0 Å². The molecule has 2 aromatic rings. The predicted octanol–water partition coefficient (Wildman–Crippen LogP) is 2.60. The zero-order valence-electron chi connectivity index (χ0n) is 14.3. The molecule has 0 aliphatic carbocycles. The second-order valence-corrected chi connectivity index (χ2v) is 6.51. The first-order chi connectivity index (χ1) is 12.6. The summed E-state index contributed by atoms with van der Waals surface area (Å²) in [6.45, 7) is 4.31. The van der Waals surface area contributed by atoms with Crippen molar-refractivity contribution in [3.8, 4) is 0 Å². The highest BCUT2D eigenvalue weighted by molar-refractivity contribution is 5.96. The highest BCUT2D eigenvalue weighted by Gasteiger charge is 2.27. The second-order valence-electron chi connectivity index (χ2n) is 6.51. The van der Waals surface area contributed by atoms with Crippen molar-refractivity contribution in [1.82, 2.24) is 10.6 Å². The third kappa shape index (κ3) is 3.10. The van der Waals surface area contributed by atoms with E-state index < -0.39 is 11.6 Å². The van der Waals surface area contributed by atoms with E-state index in [1.807, 2.05) is 12.1 Å². The smallest absolute Gasteiger partial charge is 0.322 e. The van der Waals surface area contributed by atoms with Crippen LogP contribution in [0.25, 0.3) is 0 Å². The van der Waals surface area contributed by atoms with Gasteiger partial charge in [-0.15, -0.1) is 0 Å². The van der Waals surface area contributed by atoms with Gasteiger partial charge in [0, 0.05) is 44.0 Å². The Morgan fingerprint density at radius 2 is 1.77 bits per heavy atom. The van der Waals surface area contributed by atoms with Crippen molar-refractivity contribution < 1.29 is 13.6 Å². The van der Waals surface area contributed by atoms with Crippen LogP contribution in [0.2, 0.25) is 0 Å². The summed E-state index contributed by atoms with van der Waals surface area (Å²) in [5, 5.41) is 6.23. The summed E-state index contributed by atoms with van der Waals surface area (Å²) in [7, 11) is 0. The van der Waals surface area contributed by atoms with Gasteiger partial charge in [-0.2, -0.15) is 0 Å². The minimum absolute atomic E-state index is 0.182. The van der Waals surface area contributed by atoms with E-state index in [0.29, 0.717) is 12.1 Å². The number of nitrogens with zero attached hydrogens (tertiary/aromatic N) is 2. The fraction of sp³-hybridized carbons (Fsp3) is 0.316. The number of benzene rings is 2. The Balaban J connectivity index is 1.67. The van der Waals surface area contributed by atoms with E-state index in [0.717, 1.165) is 55.2 Å². The van der Waals surface area contributed by atoms with E-state index in [9.17, 15) is 13.6 Å². The first-order valence-electron chi connectivity index (χ1n) is 8.70. The number of piperazine rings is 1. The summed E-state index contributed by atoms with van der Waals surface area (Å²) in [6, 6.07) is 9.39. The normalized spacial score (nSPS) is 17.1. The molecule has 2 N–H and O–H groups in total. The molecule has 2 aliphatic rings. The Kier molecular flexibility index (Phi) is 4.46. The number of nitrogens with one attached hydrogen (secondary N) is 2. The summed E-state index contributed by atoms with van der Waals surface area (Å²) < 4.78 is 26.7. The summed E-state index contributed by atoms with van der Waals surface area (Å²) >= 11 is 0. The van der Waals surface area contributed by atoms with Crippen molar-refractivity contribution in [3.63, 3.8) is 0 Å². The maximum Gasteiger partial charge on any atom is 0.322 e. The lowest BCUT2D eigenvalue weighted by Crippen LogP contribution is -2.46. The number of fused-ring (bicyclic) bond motifs is 1. The van der Waals surface area contributed by atoms with Crippen LogP contribution in [-0.4, -0.2) is 32.2 Å². The first-order valence-corrected chi connectivity index (χ1v) is 8.70. The van der Waals surface area contributed by atoms with E-state index >= 15 is 0 Å². The molecule has 1 saturated heterocycles. The molecule has 4 rings (SSSR count). The van der Waals surface area contributed by atoms with Crippen molar-refractivity contribution >= 4 is 17.4 Å². The molecule has 136 valence electrons. The van der Waals surface area contributed by atoms with Crippen molar-refractivity contribution in [1.29, 1.82) is 0 Å². The van der Waals surface area contributed by atoms with Crippen molar-refractivity contribution in [3.05, 3.63) is 59.2 Å². The van der Waals surface area contributed by atoms with Crippen LogP contribution >= 0.6 is 0 Å². The maximum atomic E-state index is 13.5. The fourth-order valence-corrected chi connectivity index (χ4v) is 3.55. The quantitative estimate of drug-likeness (QED) is 0.887. The molecule has 0 unspecified atom stereocenters. The largest absolute Gasteiger partial charge is 0.369 e. The van der Waals surface area contributed by atoms with Crippen molar-refractivity contribution in [2.45, 2.75) is 13.1 Å². The number of carbonyl (C=O) groups excluding carboxylic acids is 1. The lowest BCUT2D eigenvalue weighted by atomic mass is 10.0. The Morgan fingerprint density at radius 1 is 1.00 bits per heavy atom. The Hall–Kier alpha value is -2.67. The van der Waals surface area contributed by atoms with E-state index in [4.69, 9.17) is 0 Å². The molecule has 7 heteroatoms. The van der Waals surface area contributed by atoms with Crippen LogP contribution in [0, 0.1) is 11.6 Å². The number of halogens is 2. The van der Waals surface area contributed by atoms with E-state index in [-0.39, 0.29) is 12.6 Å². The summed E-state index contributed by atoms with van der Waals surface area (Å²) in [5.41, 5.74) is 3.52. The summed E-state index contributed by atoms with van der Waals surface area (Å²) in [5.74, 6) is -1.80. The third-order valence-electron chi connectivity index (χ3n) is 4.86. The van der Waals surface area contributed by atoms with Gasteiger partial charge in [0.05, 0.1) is 12.2 Å². The average molecular weight is 358 g/mol. The van der Waals surface area contributed by atoms with E-state index in [2.05, 4.69) is 21.6 Å². The molecule has 5 nitrogen and oxygen atoms in total. The lowest BCUT2D eigenvalue weighted by Gasteiger charge is -2.36. The molecule has 26 heavy (non-hydrogen) atoms. The second kappa shape index (κ2) is 6.92. The third-order valence-corrected chi connectivity index (χ3v) is 4.86. The number of carbonyl (C=O) groups is 1. The van der Waals surface area contributed by atoms with Gasteiger partial charge < -0.3 is 15.5 Å². The van der Waals surface area contributed by atoms with Gasteiger partial charge in [-0.3, -0.25) is 4.90 Å². The minimum atomic E-state index is -0.908. The highest BCUT2D eigenvalue weighted by atomic mass is 19.2. The van der Waals surface area contributed by atoms with Crippen LogP contribution in [0.5, 0.6) is 0 Å². The molecule has 0 radical (unpaired) electrons. The van der Waals surface area contributed by atoms with Crippen LogP contribution in [-0.2, 0) is 13.1 Å². The zero-order chi connectivity index (χ0) is 18.1. The van der Waals surface area contributed by atoms with E-state index in [1.54, 1.807) is 4.90 Å². The van der Waals surface area contributed by atoms with Crippen molar-refractivity contribution in [2.75, 3.05) is 36.0 Å². The molecule has 0 aromatic heterocycles. The van der Waals surface area contributed by atoms with Gasteiger partial charge in [0.15, 0.2) is 11.6 Å². The number of hydrogen-bond donors (Lipinski definition) is 2. The zero-order valence-corrected chi connectivity index (χ0v) is 14.3. The number of rotatable bonds is 3. The van der Waals surface area contributed by atoms with Crippen LogP contribution in [0.15, 0.2) is 36.4 Å². The van der Waals surface area contributed by atoms with Crippen LogP contribution in [0.1, 0.15) is 11.1 Å². The molecular formula is C19H20F2N4O. The molecule has 0 spiro atoms. The van der Waals surface area contributed by atoms with Crippen LogP contribution in [0.4, 0.5) is 25.0 Å². The van der Waals surface area contributed by atoms with Gasteiger partial charge in [-0.25, -0.2) is 13.6 Å². The lowest BCUT2D eigenvalue weighted by molar-refractivity contribution is 0.244. The standard InChI is InChI=1S/C19H20F2N4O/c20-15-5-4-13(10-16(15)21)12-25-18-3-1-2-17(14(18)11-23-19(25)26)24-8-6-22-7-9-24/h1-5,10,22H,6-9,11-12H2,(H,23,26). The Morgan fingerprint density at radius 3 is 2.54 bits per heavy atom. The molecule has 2 aliphatic heterocycles. The minimum Gasteiger partial charge on any atom is -0.369 e. The van der Waals surface area contributed by atoms with Gasteiger partial charge in [0.2, 0.25) is 0 Å². The van der Waals surface area contributed by atoms with Gasteiger partial charge in [-0.05, 0) is 29.8 Å². The molecule has 2 heterocycles. The fourth-order valence-electron chi connectivity index (χ4n) is 3.55. The molecule has 2 aromatic carbocycles. The molecule has 0 saturated carbocycles. The Labute approximate surface area is 150 Å². The average Bonchev–Trinajstić information content (AvgIpc) is 2.67. The number of urea groups is 1. The SMILES string of the molecule is O=C1NCc2c(N3CCNCC3)cccc2N1Cc1ccc(F)c(F)c1. The Bertz CT molecular complexity index is 836. The number of amides is 2. The summed E-state index contributed by atoms with van der Waals surface area (Å²) in [6.07, 6.45) is 0. The summed E-state index contributed by atoms with van der Waals surface area (Å²) in [4.78, 5) is 16.3. The topological polar surface area (TPSA) is 47.6 Å².